The Bertz CT molecular complexity index is 341. The van der Waals surface area contributed by atoms with Crippen LogP contribution < -0.4 is 5.32 Å². The van der Waals surface area contributed by atoms with Gasteiger partial charge in [0.2, 0.25) is 0 Å². The normalized spacial score (nSPS) is 24.3. The molecule has 2 atom stereocenters. The molecule has 0 saturated carbocycles. The van der Waals surface area contributed by atoms with Crippen molar-refractivity contribution in [3.8, 4) is 0 Å². The van der Waals surface area contributed by atoms with Crippen LogP contribution in [0.1, 0.15) is 18.9 Å². The van der Waals surface area contributed by atoms with Crippen molar-refractivity contribution < 1.29 is 9.50 Å². The maximum Gasteiger partial charge on any atom is 0.123 e. The van der Waals surface area contributed by atoms with Crippen LogP contribution in [0.4, 0.5) is 4.39 Å². The van der Waals surface area contributed by atoms with Crippen molar-refractivity contribution in [1.82, 2.24) is 5.32 Å². The summed E-state index contributed by atoms with van der Waals surface area (Å²) in [6, 6.07) is 6.37. The highest BCUT2D eigenvalue weighted by Gasteiger charge is 2.33. The molecule has 1 aromatic carbocycles. The Balaban J connectivity index is 2.04. The molecule has 1 heterocycles. The van der Waals surface area contributed by atoms with Crippen LogP contribution in [0.3, 0.4) is 0 Å². The van der Waals surface area contributed by atoms with E-state index in [-0.39, 0.29) is 11.7 Å². The van der Waals surface area contributed by atoms with E-state index in [1.807, 2.05) is 6.92 Å². The van der Waals surface area contributed by atoms with Crippen LogP contribution in [0, 0.1) is 11.7 Å². The number of benzene rings is 1. The third-order valence-corrected chi connectivity index (χ3v) is 3.42. The fraction of sp³-hybridized carbons (Fsp3) is 0.538. The molecule has 88 valence electrons. The number of aliphatic hydroxyl groups is 1. The van der Waals surface area contributed by atoms with Crippen LogP contribution in [-0.2, 0) is 6.42 Å². The van der Waals surface area contributed by atoms with Gasteiger partial charge in [-0.15, -0.1) is 0 Å². The van der Waals surface area contributed by atoms with E-state index in [1.165, 1.54) is 12.1 Å². The molecule has 0 spiro atoms. The van der Waals surface area contributed by atoms with Gasteiger partial charge >= 0.3 is 0 Å². The summed E-state index contributed by atoms with van der Waals surface area (Å²) >= 11 is 0. The lowest BCUT2D eigenvalue weighted by molar-refractivity contribution is 0.00725. The molecule has 2 nitrogen and oxygen atoms in total. The minimum absolute atomic E-state index is 0.231. The minimum Gasteiger partial charge on any atom is -0.389 e. The average Bonchev–Trinajstić information content (AvgIpc) is 2.75. The van der Waals surface area contributed by atoms with Crippen LogP contribution in [0.15, 0.2) is 24.3 Å². The number of hydrogen-bond acceptors (Lipinski definition) is 2. The Kier molecular flexibility index (Phi) is 3.26. The summed E-state index contributed by atoms with van der Waals surface area (Å²) in [6.45, 7) is 3.71. The fourth-order valence-electron chi connectivity index (χ4n) is 2.35. The van der Waals surface area contributed by atoms with Gasteiger partial charge in [-0.2, -0.15) is 0 Å². The first kappa shape index (κ1) is 11.6. The molecule has 1 saturated heterocycles. The van der Waals surface area contributed by atoms with Gasteiger partial charge in [0.15, 0.2) is 0 Å². The van der Waals surface area contributed by atoms with E-state index in [0.717, 1.165) is 25.1 Å². The van der Waals surface area contributed by atoms with Crippen LogP contribution in [0.2, 0.25) is 0 Å². The van der Waals surface area contributed by atoms with E-state index in [2.05, 4.69) is 5.32 Å². The highest BCUT2D eigenvalue weighted by Crippen LogP contribution is 2.27. The van der Waals surface area contributed by atoms with E-state index in [4.69, 9.17) is 0 Å². The lowest BCUT2D eigenvalue weighted by atomic mass is 9.83. The van der Waals surface area contributed by atoms with E-state index >= 15 is 0 Å². The molecule has 0 aromatic heterocycles. The lowest BCUT2D eigenvalue weighted by Gasteiger charge is -2.29. The van der Waals surface area contributed by atoms with E-state index in [0.29, 0.717) is 6.42 Å². The largest absolute Gasteiger partial charge is 0.389 e. The van der Waals surface area contributed by atoms with E-state index in [1.54, 1.807) is 12.1 Å². The number of halogens is 1. The third kappa shape index (κ3) is 2.60. The Labute approximate surface area is 95.5 Å². The number of rotatable bonds is 3. The van der Waals surface area contributed by atoms with E-state index in [9.17, 15) is 9.50 Å². The summed E-state index contributed by atoms with van der Waals surface area (Å²) in [7, 11) is 0. The Morgan fingerprint density at radius 2 is 2.12 bits per heavy atom. The molecule has 1 aliphatic rings. The first-order valence-electron chi connectivity index (χ1n) is 5.75. The summed E-state index contributed by atoms with van der Waals surface area (Å²) in [6.07, 6.45) is 1.59. The molecular formula is C13H18FNO. The molecule has 0 radical (unpaired) electrons. The van der Waals surface area contributed by atoms with Crippen molar-refractivity contribution in [3.63, 3.8) is 0 Å². The summed E-state index contributed by atoms with van der Waals surface area (Å²) in [5, 5.41) is 13.7. The maximum atomic E-state index is 12.7. The predicted octanol–water partition coefficient (Wildman–Crippen LogP) is 1.73. The van der Waals surface area contributed by atoms with Crippen LogP contribution in [-0.4, -0.2) is 23.8 Å². The number of nitrogens with one attached hydrogen (secondary N) is 1. The zero-order valence-electron chi connectivity index (χ0n) is 9.54. The molecule has 0 bridgehead atoms. The second kappa shape index (κ2) is 4.52. The molecule has 1 aromatic rings. The van der Waals surface area contributed by atoms with Crippen molar-refractivity contribution in [1.29, 1.82) is 0 Å². The third-order valence-electron chi connectivity index (χ3n) is 3.42. The van der Waals surface area contributed by atoms with Gasteiger partial charge in [-0.3, -0.25) is 0 Å². The van der Waals surface area contributed by atoms with Gasteiger partial charge in [0.1, 0.15) is 5.82 Å². The van der Waals surface area contributed by atoms with Gasteiger partial charge in [-0.1, -0.05) is 12.1 Å². The van der Waals surface area contributed by atoms with Crippen molar-refractivity contribution in [2.24, 2.45) is 5.92 Å². The Hall–Kier alpha value is -0.930. The topological polar surface area (TPSA) is 32.3 Å². The highest BCUT2D eigenvalue weighted by molar-refractivity contribution is 5.18. The Morgan fingerprint density at radius 1 is 1.44 bits per heavy atom. The van der Waals surface area contributed by atoms with Crippen LogP contribution in [0.25, 0.3) is 0 Å². The highest BCUT2D eigenvalue weighted by atomic mass is 19.1. The molecule has 16 heavy (non-hydrogen) atoms. The van der Waals surface area contributed by atoms with Crippen molar-refractivity contribution >= 4 is 0 Å². The van der Waals surface area contributed by atoms with Gasteiger partial charge in [0, 0.05) is 18.9 Å². The molecule has 2 N–H and O–H groups in total. The van der Waals surface area contributed by atoms with Gasteiger partial charge in [0.05, 0.1) is 5.60 Å². The molecule has 0 aliphatic carbocycles. The molecule has 0 amide bonds. The monoisotopic (exact) mass is 223 g/mol. The smallest absolute Gasteiger partial charge is 0.123 e. The average molecular weight is 223 g/mol. The van der Waals surface area contributed by atoms with Crippen molar-refractivity contribution in [2.75, 3.05) is 13.1 Å². The molecule has 2 rings (SSSR count). The standard InChI is InChI=1S/C13H18FNO/c1-13(16,11-6-7-15-9-11)8-10-2-4-12(14)5-3-10/h2-5,11,15-16H,6-9H2,1H3. The predicted molar refractivity (Wildman–Crippen MR) is 61.7 cm³/mol. The summed E-state index contributed by atoms with van der Waals surface area (Å²) in [5.74, 6) is 0.0588. The van der Waals surface area contributed by atoms with Gasteiger partial charge in [0.25, 0.3) is 0 Å². The molecule has 3 heteroatoms. The minimum atomic E-state index is -0.707. The maximum absolute atomic E-state index is 12.7. The SMILES string of the molecule is CC(O)(Cc1ccc(F)cc1)C1CCNC1. The van der Waals surface area contributed by atoms with Gasteiger partial charge < -0.3 is 10.4 Å². The molecule has 1 aliphatic heterocycles. The first-order chi connectivity index (χ1) is 7.58. The summed E-state index contributed by atoms with van der Waals surface area (Å²) in [4.78, 5) is 0. The molecule has 1 fully saturated rings. The number of hydrogen-bond donors (Lipinski definition) is 2. The first-order valence-corrected chi connectivity index (χ1v) is 5.75. The summed E-state index contributed by atoms with van der Waals surface area (Å²) in [5.41, 5.74) is 0.278. The van der Waals surface area contributed by atoms with Crippen molar-refractivity contribution in [3.05, 3.63) is 35.6 Å². The Morgan fingerprint density at radius 3 is 2.69 bits per heavy atom. The van der Waals surface area contributed by atoms with Crippen molar-refractivity contribution in [2.45, 2.75) is 25.4 Å². The van der Waals surface area contributed by atoms with Gasteiger partial charge in [-0.05, 0) is 37.6 Å². The second-order valence-electron chi connectivity index (χ2n) is 4.85. The van der Waals surface area contributed by atoms with E-state index < -0.39 is 5.60 Å². The molecular weight excluding hydrogens is 205 g/mol. The van der Waals surface area contributed by atoms with Crippen LogP contribution in [0.5, 0.6) is 0 Å². The zero-order valence-corrected chi connectivity index (χ0v) is 9.54. The zero-order chi connectivity index (χ0) is 11.6. The second-order valence-corrected chi connectivity index (χ2v) is 4.85. The quantitative estimate of drug-likeness (QED) is 0.818. The molecule has 2 unspecified atom stereocenters. The lowest BCUT2D eigenvalue weighted by Crippen LogP contribution is -2.38. The van der Waals surface area contributed by atoms with Crippen LogP contribution >= 0.6 is 0 Å². The summed E-state index contributed by atoms with van der Waals surface area (Å²) < 4.78 is 12.7. The van der Waals surface area contributed by atoms with Gasteiger partial charge in [-0.25, -0.2) is 4.39 Å². The fourth-order valence-corrected chi connectivity index (χ4v) is 2.35.